The van der Waals surface area contributed by atoms with E-state index in [1.54, 1.807) is 18.2 Å². The summed E-state index contributed by atoms with van der Waals surface area (Å²) in [5.74, 6) is 0.921. The maximum Gasteiger partial charge on any atom is 0.278 e. The molecule has 2 atom stereocenters. The Bertz CT molecular complexity index is 745. The van der Waals surface area contributed by atoms with Crippen molar-refractivity contribution in [3.63, 3.8) is 0 Å². The molecule has 0 radical (unpaired) electrons. The van der Waals surface area contributed by atoms with E-state index in [4.69, 9.17) is 0 Å². The van der Waals surface area contributed by atoms with Crippen molar-refractivity contribution in [2.24, 2.45) is 11.8 Å². The molecule has 1 fully saturated rings. The van der Waals surface area contributed by atoms with Gasteiger partial charge in [-0.15, -0.1) is 5.10 Å². The highest BCUT2D eigenvalue weighted by Gasteiger charge is 2.25. The first-order valence-electron chi connectivity index (χ1n) is 7.65. The van der Waals surface area contributed by atoms with Gasteiger partial charge in [0.15, 0.2) is 0 Å². The minimum absolute atomic E-state index is 0.0455. The Kier molecular flexibility index (Phi) is 3.92. The summed E-state index contributed by atoms with van der Waals surface area (Å²) in [4.78, 5) is 26.6. The molecule has 1 aromatic heterocycles. The lowest BCUT2D eigenvalue weighted by Gasteiger charge is -2.35. The molecule has 1 amide bonds. The number of aromatic nitrogens is 3. The zero-order chi connectivity index (χ0) is 15.7. The van der Waals surface area contributed by atoms with Gasteiger partial charge >= 0.3 is 0 Å². The van der Waals surface area contributed by atoms with Crippen LogP contribution in [-0.4, -0.2) is 38.9 Å². The molecule has 1 aliphatic heterocycles. The number of fused-ring (bicyclic) bond motifs is 1. The minimum Gasteiger partial charge on any atom is -0.341 e. The Labute approximate surface area is 128 Å². The van der Waals surface area contributed by atoms with Gasteiger partial charge in [-0.2, -0.15) is 0 Å². The minimum atomic E-state index is -0.267. The van der Waals surface area contributed by atoms with Crippen LogP contribution in [0.4, 0.5) is 0 Å². The zero-order valence-corrected chi connectivity index (χ0v) is 12.9. The Balaban J connectivity index is 1.82. The second kappa shape index (κ2) is 5.87. The van der Waals surface area contributed by atoms with Crippen molar-refractivity contribution in [2.45, 2.75) is 26.8 Å². The van der Waals surface area contributed by atoms with Crippen LogP contribution < -0.4 is 5.56 Å². The molecule has 0 aliphatic carbocycles. The van der Waals surface area contributed by atoms with Crippen molar-refractivity contribution in [2.75, 3.05) is 13.1 Å². The van der Waals surface area contributed by atoms with Gasteiger partial charge in [0.05, 0.1) is 5.39 Å². The average Bonchev–Trinajstić information content (AvgIpc) is 2.49. The molecule has 0 bridgehead atoms. The highest BCUT2D eigenvalue weighted by Crippen LogP contribution is 2.21. The molecule has 2 aromatic rings. The number of benzene rings is 1. The fourth-order valence-corrected chi connectivity index (χ4v) is 3.22. The van der Waals surface area contributed by atoms with Crippen LogP contribution in [0.3, 0.4) is 0 Å². The van der Waals surface area contributed by atoms with E-state index in [2.05, 4.69) is 24.2 Å². The molecule has 1 aromatic carbocycles. The molecule has 3 rings (SSSR count). The number of amides is 1. The van der Waals surface area contributed by atoms with E-state index in [1.165, 1.54) is 0 Å². The van der Waals surface area contributed by atoms with E-state index >= 15 is 0 Å². The lowest BCUT2D eigenvalue weighted by Crippen LogP contribution is -2.45. The Morgan fingerprint density at radius 2 is 1.91 bits per heavy atom. The van der Waals surface area contributed by atoms with E-state index in [0.717, 1.165) is 24.2 Å². The molecule has 1 aliphatic rings. The summed E-state index contributed by atoms with van der Waals surface area (Å²) in [6, 6.07) is 7.04. The molecule has 2 heterocycles. The maximum atomic E-state index is 12.4. The lowest BCUT2D eigenvalue weighted by molar-refractivity contribution is -0.134. The second-order valence-corrected chi connectivity index (χ2v) is 6.31. The van der Waals surface area contributed by atoms with Crippen LogP contribution in [0.25, 0.3) is 10.9 Å². The first kappa shape index (κ1) is 14.7. The van der Waals surface area contributed by atoms with Gasteiger partial charge in [0, 0.05) is 13.1 Å². The average molecular weight is 300 g/mol. The third-order valence-electron chi connectivity index (χ3n) is 4.14. The summed E-state index contributed by atoms with van der Waals surface area (Å²) < 4.78 is 1.16. The number of hydrogen-bond donors (Lipinski definition) is 0. The molecule has 116 valence electrons. The zero-order valence-electron chi connectivity index (χ0n) is 12.9. The number of hydrogen-bond acceptors (Lipinski definition) is 4. The van der Waals surface area contributed by atoms with E-state index < -0.39 is 0 Å². The maximum absolute atomic E-state index is 12.4. The van der Waals surface area contributed by atoms with Crippen LogP contribution in [0.5, 0.6) is 0 Å². The van der Waals surface area contributed by atoms with Gasteiger partial charge in [0.25, 0.3) is 5.56 Å². The molecule has 0 spiro atoms. The van der Waals surface area contributed by atoms with Crippen LogP contribution in [-0.2, 0) is 11.3 Å². The van der Waals surface area contributed by atoms with Gasteiger partial charge < -0.3 is 4.90 Å². The first-order valence-corrected chi connectivity index (χ1v) is 7.65. The molecule has 0 saturated carbocycles. The third kappa shape index (κ3) is 2.86. The Morgan fingerprint density at radius 1 is 1.23 bits per heavy atom. The van der Waals surface area contributed by atoms with Crippen molar-refractivity contribution < 1.29 is 4.79 Å². The van der Waals surface area contributed by atoms with Gasteiger partial charge in [-0.3, -0.25) is 9.59 Å². The van der Waals surface area contributed by atoms with Crippen molar-refractivity contribution in [3.05, 3.63) is 34.6 Å². The monoisotopic (exact) mass is 300 g/mol. The number of carbonyl (C=O) groups excluding carboxylic acids is 1. The van der Waals surface area contributed by atoms with Gasteiger partial charge in [0.1, 0.15) is 12.1 Å². The van der Waals surface area contributed by atoms with E-state index in [1.807, 2.05) is 11.0 Å². The van der Waals surface area contributed by atoms with Crippen molar-refractivity contribution in [1.82, 2.24) is 19.9 Å². The summed E-state index contributed by atoms with van der Waals surface area (Å²) in [7, 11) is 0. The molecular weight excluding hydrogens is 280 g/mol. The van der Waals surface area contributed by atoms with Crippen LogP contribution >= 0.6 is 0 Å². The summed E-state index contributed by atoms with van der Waals surface area (Å²) in [6.45, 7) is 5.75. The Morgan fingerprint density at radius 3 is 2.64 bits per heavy atom. The van der Waals surface area contributed by atoms with Crippen LogP contribution in [0.2, 0.25) is 0 Å². The number of carbonyl (C=O) groups is 1. The smallest absolute Gasteiger partial charge is 0.278 e. The van der Waals surface area contributed by atoms with E-state index in [-0.39, 0.29) is 18.0 Å². The van der Waals surface area contributed by atoms with Gasteiger partial charge in [0.2, 0.25) is 5.91 Å². The molecular formula is C16H20N4O2. The predicted molar refractivity (Wildman–Crippen MR) is 83.3 cm³/mol. The third-order valence-corrected chi connectivity index (χ3v) is 4.14. The Hall–Kier alpha value is -2.24. The summed E-state index contributed by atoms with van der Waals surface area (Å²) in [5.41, 5.74) is 0.286. The number of nitrogens with zero attached hydrogens (tertiary/aromatic N) is 4. The number of likely N-dealkylation sites (tertiary alicyclic amines) is 1. The normalized spacial score (nSPS) is 22.0. The van der Waals surface area contributed by atoms with Crippen LogP contribution in [0.15, 0.2) is 29.1 Å². The molecule has 0 unspecified atom stereocenters. The lowest BCUT2D eigenvalue weighted by atomic mass is 9.92. The fourth-order valence-electron chi connectivity index (χ4n) is 3.22. The number of rotatable bonds is 2. The SMILES string of the molecule is C[C@H]1C[C@H](C)CN(C(=O)Cn2nnc3ccccc3c2=O)C1. The fraction of sp³-hybridized carbons (Fsp3) is 0.500. The van der Waals surface area contributed by atoms with Gasteiger partial charge in [-0.05, 0) is 30.4 Å². The van der Waals surface area contributed by atoms with E-state index in [9.17, 15) is 9.59 Å². The predicted octanol–water partition coefficient (Wildman–Crippen LogP) is 1.30. The summed E-state index contributed by atoms with van der Waals surface area (Å²) >= 11 is 0. The first-order chi connectivity index (χ1) is 10.5. The van der Waals surface area contributed by atoms with Crippen LogP contribution in [0.1, 0.15) is 20.3 Å². The second-order valence-electron chi connectivity index (χ2n) is 6.31. The highest BCUT2D eigenvalue weighted by atomic mass is 16.2. The number of piperidine rings is 1. The molecule has 6 heteroatoms. The molecule has 1 saturated heterocycles. The van der Waals surface area contributed by atoms with Crippen molar-refractivity contribution in [1.29, 1.82) is 0 Å². The molecule has 0 N–H and O–H groups in total. The van der Waals surface area contributed by atoms with Gasteiger partial charge in [-0.25, -0.2) is 4.68 Å². The van der Waals surface area contributed by atoms with Crippen molar-refractivity contribution >= 4 is 16.8 Å². The summed E-state index contributed by atoms with van der Waals surface area (Å²) in [6.07, 6.45) is 1.14. The van der Waals surface area contributed by atoms with Crippen LogP contribution in [0, 0.1) is 11.8 Å². The molecule has 22 heavy (non-hydrogen) atoms. The standard InChI is InChI=1S/C16H20N4O2/c1-11-7-12(2)9-19(8-11)15(21)10-20-16(22)13-5-3-4-6-14(13)17-18-20/h3-6,11-12H,7-10H2,1-2H3/t11-,12-/m0/s1. The highest BCUT2D eigenvalue weighted by molar-refractivity contribution is 5.78. The quantitative estimate of drug-likeness (QED) is 0.838. The largest absolute Gasteiger partial charge is 0.341 e. The van der Waals surface area contributed by atoms with Crippen molar-refractivity contribution in [3.8, 4) is 0 Å². The summed E-state index contributed by atoms with van der Waals surface area (Å²) in [5, 5.41) is 8.39. The van der Waals surface area contributed by atoms with E-state index in [0.29, 0.717) is 22.7 Å². The van der Waals surface area contributed by atoms with Gasteiger partial charge in [-0.1, -0.05) is 31.2 Å². The molecule has 6 nitrogen and oxygen atoms in total. The topological polar surface area (TPSA) is 68.1 Å².